The van der Waals surface area contributed by atoms with E-state index in [4.69, 9.17) is 4.74 Å². The van der Waals surface area contributed by atoms with Crippen LogP contribution in [0.15, 0.2) is 0 Å². The van der Waals surface area contributed by atoms with Gasteiger partial charge in [-0.25, -0.2) is 0 Å². The molecule has 0 rings (SSSR count). The van der Waals surface area contributed by atoms with Gasteiger partial charge >= 0.3 is 0 Å². The van der Waals surface area contributed by atoms with Crippen molar-refractivity contribution in [2.75, 3.05) is 19.0 Å². The van der Waals surface area contributed by atoms with Crippen molar-refractivity contribution in [1.82, 2.24) is 0 Å². The van der Waals surface area contributed by atoms with E-state index in [-0.39, 0.29) is 6.10 Å². The highest BCUT2D eigenvalue weighted by Gasteiger charge is 2.06. The molecule has 0 aliphatic rings. The van der Waals surface area contributed by atoms with E-state index in [0.717, 1.165) is 31.6 Å². The summed E-state index contributed by atoms with van der Waals surface area (Å²) in [5.41, 5.74) is 0. The van der Waals surface area contributed by atoms with Crippen LogP contribution >= 0.6 is 11.8 Å². The van der Waals surface area contributed by atoms with E-state index >= 15 is 0 Å². The van der Waals surface area contributed by atoms with Crippen molar-refractivity contribution in [3.05, 3.63) is 0 Å². The zero-order valence-electron chi connectivity index (χ0n) is 9.66. The van der Waals surface area contributed by atoms with Crippen LogP contribution in [0.25, 0.3) is 0 Å². The molecule has 0 aliphatic carbocycles. The molecule has 0 spiro atoms. The molecule has 0 amide bonds. The van der Waals surface area contributed by atoms with Gasteiger partial charge in [0.25, 0.3) is 0 Å². The standard InChI is InChI=1S/C11H24O2S/c1-4-6-7-13-8-11(12)9-14-10(3)5-2/h10-12H,4-9H2,1-3H3. The highest BCUT2D eigenvalue weighted by molar-refractivity contribution is 7.99. The van der Waals surface area contributed by atoms with Gasteiger partial charge in [0.2, 0.25) is 0 Å². The molecule has 2 nitrogen and oxygen atoms in total. The van der Waals surface area contributed by atoms with Gasteiger partial charge in [0.05, 0.1) is 12.7 Å². The van der Waals surface area contributed by atoms with E-state index in [1.54, 1.807) is 0 Å². The Morgan fingerprint density at radius 2 is 2.07 bits per heavy atom. The summed E-state index contributed by atoms with van der Waals surface area (Å²) >= 11 is 1.82. The first-order valence-electron chi connectivity index (χ1n) is 5.58. The minimum absolute atomic E-state index is 0.300. The minimum Gasteiger partial charge on any atom is -0.390 e. The van der Waals surface area contributed by atoms with Gasteiger partial charge in [0.1, 0.15) is 0 Å². The van der Waals surface area contributed by atoms with Crippen molar-refractivity contribution in [2.45, 2.75) is 51.4 Å². The Morgan fingerprint density at radius 1 is 1.36 bits per heavy atom. The summed E-state index contributed by atoms with van der Waals surface area (Å²) in [5, 5.41) is 10.2. The monoisotopic (exact) mass is 220 g/mol. The van der Waals surface area contributed by atoms with Gasteiger partial charge in [-0.15, -0.1) is 0 Å². The molecule has 0 heterocycles. The van der Waals surface area contributed by atoms with E-state index < -0.39 is 0 Å². The maximum absolute atomic E-state index is 9.55. The number of hydrogen-bond acceptors (Lipinski definition) is 3. The highest BCUT2D eigenvalue weighted by atomic mass is 32.2. The van der Waals surface area contributed by atoms with Crippen LogP contribution in [0.4, 0.5) is 0 Å². The number of rotatable bonds is 9. The summed E-state index contributed by atoms with van der Waals surface area (Å²) in [6.07, 6.45) is 3.10. The molecule has 86 valence electrons. The molecular weight excluding hydrogens is 196 g/mol. The Kier molecular flexibility index (Phi) is 10.0. The Balaban J connectivity index is 3.23. The molecule has 0 aliphatic heterocycles. The Morgan fingerprint density at radius 3 is 2.64 bits per heavy atom. The molecule has 0 bridgehead atoms. The lowest BCUT2D eigenvalue weighted by Gasteiger charge is -2.13. The molecule has 2 atom stereocenters. The first-order chi connectivity index (χ1) is 6.70. The Hall–Kier alpha value is 0.270. The smallest absolute Gasteiger partial charge is 0.0863 e. The minimum atomic E-state index is -0.300. The number of aliphatic hydroxyl groups excluding tert-OH is 1. The van der Waals surface area contributed by atoms with Gasteiger partial charge in [-0.05, 0) is 12.8 Å². The summed E-state index contributed by atoms with van der Waals surface area (Å²) in [7, 11) is 0. The van der Waals surface area contributed by atoms with Crippen molar-refractivity contribution < 1.29 is 9.84 Å². The lowest BCUT2D eigenvalue weighted by Crippen LogP contribution is -2.19. The zero-order valence-corrected chi connectivity index (χ0v) is 10.5. The molecule has 14 heavy (non-hydrogen) atoms. The predicted octanol–water partition coefficient (Wildman–Crippen LogP) is 2.70. The summed E-state index contributed by atoms with van der Waals surface area (Å²) in [4.78, 5) is 0. The van der Waals surface area contributed by atoms with E-state index in [1.807, 2.05) is 11.8 Å². The van der Waals surface area contributed by atoms with Crippen LogP contribution in [0.5, 0.6) is 0 Å². The summed E-state index contributed by atoms with van der Waals surface area (Å²) in [5.74, 6) is 0.793. The van der Waals surface area contributed by atoms with E-state index in [9.17, 15) is 5.11 Å². The average Bonchev–Trinajstić information content (AvgIpc) is 2.21. The third kappa shape index (κ3) is 8.85. The molecule has 3 heteroatoms. The number of aliphatic hydroxyl groups is 1. The number of ether oxygens (including phenoxy) is 1. The lowest BCUT2D eigenvalue weighted by molar-refractivity contribution is 0.0473. The van der Waals surface area contributed by atoms with Gasteiger partial charge in [-0.1, -0.05) is 27.2 Å². The van der Waals surface area contributed by atoms with Gasteiger partial charge < -0.3 is 9.84 Å². The van der Waals surface area contributed by atoms with Gasteiger partial charge in [0.15, 0.2) is 0 Å². The largest absolute Gasteiger partial charge is 0.390 e. The third-order valence-electron chi connectivity index (χ3n) is 2.10. The number of unbranched alkanes of at least 4 members (excludes halogenated alkanes) is 1. The van der Waals surface area contributed by atoms with Crippen molar-refractivity contribution in [1.29, 1.82) is 0 Å². The third-order valence-corrected chi connectivity index (χ3v) is 3.58. The summed E-state index contributed by atoms with van der Waals surface area (Å²) < 4.78 is 5.34. The maximum Gasteiger partial charge on any atom is 0.0863 e. The topological polar surface area (TPSA) is 29.5 Å². The molecule has 0 aromatic carbocycles. The molecule has 1 N–H and O–H groups in total. The van der Waals surface area contributed by atoms with Crippen molar-refractivity contribution in [3.8, 4) is 0 Å². The Labute approximate surface area is 92.4 Å². The van der Waals surface area contributed by atoms with Crippen LogP contribution in [0, 0.1) is 0 Å². The normalized spacial score (nSPS) is 15.4. The van der Waals surface area contributed by atoms with Crippen LogP contribution < -0.4 is 0 Å². The van der Waals surface area contributed by atoms with E-state index in [2.05, 4.69) is 20.8 Å². The lowest BCUT2D eigenvalue weighted by atomic mass is 10.3. The van der Waals surface area contributed by atoms with E-state index in [0.29, 0.717) is 11.9 Å². The second-order valence-electron chi connectivity index (χ2n) is 3.63. The fraction of sp³-hybridized carbons (Fsp3) is 1.00. The van der Waals surface area contributed by atoms with Crippen LogP contribution in [0.2, 0.25) is 0 Å². The van der Waals surface area contributed by atoms with Gasteiger partial charge in [0, 0.05) is 17.6 Å². The summed E-state index contributed by atoms with van der Waals surface area (Å²) in [6.45, 7) is 7.76. The fourth-order valence-corrected chi connectivity index (χ4v) is 1.79. The van der Waals surface area contributed by atoms with Crippen LogP contribution in [0.1, 0.15) is 40.0 Å². The summed E-state index contributed by atoms with van der Waals surface area (Å²) in [6, 6.07) is 0. The highest BCUT2D eigenvalue weighted by Crippen LogP contribution is 2.14. The second kappa shape index (κ2) is 9.81. The molecule has 0 radical (unpaired) electrons. The molecule has 0 fully saturated rings. The van der Waals surface area contributed by atoms with Crippen LogP contribution in [-0.4, -0.2) is 35.4 Å². The van der Waals surface area contributed by atoms with Crippen LogP contribution in [-0.2, 0) is 4.74 Å². The molecule has 0 saturated carbocycles. The molecule has 0 aromatic rings. The first-order valence-corrected chi connectivity index (χ1v) is 6.62. The number of hydrogen-bond donors (Lipinski definition) is 1. The van der Waals surface area contributed by atoms with Crippen molar-refractivity contribution >= 4 is 11.8 Å². The molecule has 0 saturated heterocycles. The first kappa shape index (κ1) is 14.3. The quantitative estimate of drug-likeness (QED) is 0.606. The molecular formula is C11H24O2S. The predicted molar refractivity (Wildman–Crippen MR) is 63.9 cm³/mol. The van der Waals surface area contributed by atoms with Gasteiger partial charge in [-0.3, -0.25) is 0 Å². The second-order valence-corrected chi connectivity index (χ2v) is 5.11. The zero-order chi connectivity index (χ0) is 10.8. The maximum atomic E-state index is 9.55. The van der Waals surface area contributed by atoms with Crippen molar-refractivity contribution in [3.63, 3.8) is 0 Å². The number of thioether (sulfide) groups is 1. The fourth-order valence-electron chi connectivity index (χ4n) is 0.907. The SMILES string of the molecule is CCCCOCC(O)CSC(C)CC. The van der Waals surface area contributed by atoms with Crippen LogP contribution in [0.3, 0.4) is 0 Å². The molecule has 0 aromatic heterocycles. The van der Waals surface area contributed by atoms with E-state index in [1.165, 1.54) is 0 Å². The average molecular weight is 220 g/mol. The van der Waals surface area contributed by atoms with Gasteiger partial charge in [-0.2, -0.15) is 11.8 Å². The van der Waals surface area contributed by atoms with Crippen molar-refractivity contribution in [2.24, 2.45) is 0 Å². The Bertz CT molecular complexity index is 120. The molecule has 2 unspecified atom stereocenters.